The van der Waals surface area contributed by atoms with Crippen LogP contribution in [0.15, 0.2) is 70.7 Å². The SMILES string of the molecule is CCc1ccc(S(N)(=O)=O)c(CC2=NN(c3ccc(Cl)cc3Cl)C(c3ccc(Cl)cc3)C2)c1. The van der Waals surface area contributed by atoms with Crippen LogP contribution in [0, 0.1) is 0 Å². The summed E-state index contributed by atoms with van der Waals surface area (Å²) in [7, 11) is -3.87. The number of hydrazone groups is 1. The van der Waals surface area contributed by atoms with Gasteiger partial charge in [-0.1, -0.05) is 66.0 Å². The zero-order valence-corrected chi connectivity index (χ0v) is 20.9. The van der Waals surface area contributed by atoms with Gasteiger partial charge in [0, 0.05) is 28.6 Å². The second-order valence-electron chi connectivity index (χ2n) is 7.90. The first-order valence-corrected chi connectivity index (χ1v) is 13.0. The minimum Gasteiger partial charge on any atom is -0.256 e. The average molecular weight is 523 g/mol. The van der Waals surface area contributed by atoms with Crippen molar-refractivity contribution in [1.82, 2.24) is 0 Å². The monoisotopic (exact) mass is 521 g/mol. The van der Waals surface area contributed by atoms with Gasteiger partial charge in [-0.2, -0.15) is 5.10 Å². The van der Waals surface area contributed by atoms with Gasteiger partial charge in [0.05, 0.1) is 21.6 Å². The second kappa shape index (κ2) is 9.65. The molecule has 33 heavy (non-hydrogen) atoms. The van der Waals surface area contributed by atoms with E-state index in [0.717, 1.165) is 23.3 Å². The molecule has 0 saturated carbocycles. The smallest absolute Gasteiger partial charge is 0.238 e. The molecule has 0 aliphatic carbocycles. The molecule has 1 aliphatic heterocycles. The van der Waals surface area contributed by atoms with E-state index in [-0.39, 0.29) is 10.9 Å². The lowest BCUT2D eigenvalue weighted by Crippen LogP contribution is -2.18. The second-order valence-corrected chi connectivity index (χ2v) is 10.7. The van der Waals surface area contributed by atoms with Gasteiger partial charge < -0.3 is 0 Å². The first-order valence-electron chi connectivity index (χ1n) is 10.4. The summed E-state index contributed by atoms with van der Waals surface area (Å²) in [6, 6.07) is 18.0. The topological polar surface area (TPSA) is 75.8 Å². The van der Waals surface area contributed by atoms with Crippen LogP contribution in [-0.2, 0) is 22.9 Å². The minimum absolute atomic E-state index is 0.119. The van der Waals surface area contributed by atoms with E-state index in [1.807, 2.05) is 48.3 Å². The minimum atomic E-state index is -3.87. The number of sulfonamides is 1. The van der Waals surface area contributed by atoms with Crippen LogP contribution >= 0.6 is 34.8 Å². The number of anilines is 1. The van der Waals surface area contributed by atoms with Crippen LogP contribution in [0.3, 0.4) is 0 Å². The van der Waals surface area contributed by atoms with Crippen molar-refractivity contribution in [3.8, 4) is 0 Å². The lowest BCUT2D eigenvalue weighted by molar-refractivity contribution is 0.597. The van der Waals surface area contributed by atoms with Crippen LogP contribution in [0.25, 0.3) is 0 Å². The highest BCUT2D eigenvalue weighted by molar-refractivity contribution is 7.89. The molecule has 0 amide bonds. The van der Waals surface area contributed by atoms with Gasteiger partial charge in [-0.25, -0.2) is 13.6 Å². The predicted molar refractivity (Wildman–Crippen MR) is 136 cm³/mol. The third-order valence-electron chi connectivity index (χ3n) is 5.62. The summed E-state index contributed by atoms with van der Waals surface area (Å²) in [5.74, 6) is 0. The van der Waals surface area contributed by atoms with Gasteiger partial charge in [0.25, 0.3) is 0 Å². The van der Waals surface area contributed by atoms with Gasteiger partial charge in [0.15, 0.2) is 0 Å². The quantitative estimate of drug-likeness (QED) is 0.406. The Morgan fingerprint density at radius 2 is 1.70 bits per heavy atom. The lowest BCUT2D eigenvalue weighted by atomic mass is 9.97. The number of hydrogen-bond acceptors (Lipinski definition) is 4. The van der Waals surface area contributed by atoms with Gasteiger partial charge in [-0.05, 0) is 59.5 Å². The van der Waals surface area contributed by atoms with Crippen molar-refractivity contribution in [3.05, 3.63) is 92.4 Å². The summed E-state index contributed by atoms with van der Waals surface area (Å²) in [5.41, 5.74) is 4.21. The third-order valence-corrected chi connectivity index (χ3v) is 7.42. The Labute approximate surface area is 208 Å². The molecular weight excluding hydrogens is 501 g/mol. The molecule has 172 valence electrons. The summed E-state index contributed by atoms with van der Waals surface area (Å²) in [5, 5.41) is 13.9. The first kappa shape index (κ1) is 24.0. The largest absolute Gasteiger partial charge is 0.256 e. The Morgan fingerprint density at radius 1 is 1.00 bits per heavy atom. The molecule has 1 heterocycles. The van der Waals surface area contributed by atoms with Crippen molar-refractivity contribution >= 4 is 56.2 Å². The van der Waals surface area contributed by atoms with E-state index in [1.165, 1.54) is 0 Å². The first-order chi connectivity index (χ1) is 15.7. The fraction of sp³-hybridized carbons (Fsp3) is 0.208. The Balaban J connectivity index is 1.76. The summed E-state index contributed by atoms with van der Waals surface area (Å²) < 4.78 is 24.4. The predicted octanol–water partition coefficient (Wildman–Crippen LogP) is 6.41. The van der Waals surface area contributed by atoms with Gasteiger partial charge in [0.1, 0.15) is 0 Å². The Bertz CT molecular complexity index is 1330. The van der Waals surface area contributed by atoms with E-state index in [9.17, 15) is 8.42 Å². The summed E-state index contributed by atoms with van der Waals surface area (Å²) in [4.78, 5) is 0.119. The lowest BCUT2D eigenvalue weighted by Gasteiger charge is -2.25. The molecule has 1 unspecified atom stereocenters. The van der Waals surface area contributed by atoms with Crippen LogP contribution in [0.1, 0.15) is 36.1 Å². The molecule has 0 aromatic heterocycles. The molecular formula is C24H22Cl3N3O2S. The molecule has 4 rings (SSSR count). The van der Waals surface area contributed by atoms with E-state index in [0.29, 0.717) is 39.2 Å². The van der Waals surface area contributed by atoms with E-state index in [1.54, 1.807) is 24.3 Å². The zero-order valence-electron chi connectivity index (χ0n) is 17.8. The number of aryl methyl sites for hydroxylation is 1. The van der Waals surface area contributed by atoms with Crippen molar-refractivity contribution in [1.29, 1.82) is 0 Å². The number of benzene rings is 3. The Kier molecular flexibility index (Phi) is 7.03. The van der Waals surface area contributed by atoms with Crippen LogP contribution < -0.4 is 10.1 Å². The third kappa shape index (κ3) is 5.36. The number of nitrogens with zero attached hydrogens (tertiary/aromatic N) is 2. The molecule has 0 fully saturated rings. The number of nitrogens with two attached hydrogens (primary N) is 1. The number of primary sulfonamides is 1. The van der Waals surface area contributed by atoms with Crippen LogP contribution in [0.5, 0.6) is 0 Å². The maximum atomic E-state index is 12.2. The van der Waals surface area contributed by atoms with Crippen LogP contribution in [0.2, 0.25) is 15.1 Å². The molecule has 0 radical (unpaired) electrons. The highest BCUT2D eigenvalue weighted by Crippen LogP contribution is 2.40. The molecule has 3 aromatic carbocycles. The van der Waals surface area contributed by atoms with E-state index in [4.69, 9.17) is 45.0 Å². The molecule has 9 heteroatoms. The molecule has 5 nitrogen and oxygen atoms in total. The standard InChI is InChI=1S/C24H22Cl3N3O2S/c1-2-15-3-10-24(33(28,31)32)17(11-15)12-20-14-23(16-4-6-18(25)7-5-16)30(29-20)22-9-8-19(26)13-21(22)27/h3-11,13,23H,2,12,14H2,1H3,(H2,28,31,32). The molecule has 2 N–H and O–H groups in total. The Morgan fingerprint density at radius 3 is 2.33 bits per heavy atom. The van der Waals surface area contributed by atoms with Gasteiger partial charge >= 0.3 is 0 Å². The van der Waals surface area contributed by atoms with Crippen LogP contribution in [0.4, 0.5) is 5.69 Å². The highest BCUT2D eigenvalue weighted by Gasteiger charge is 2.31. The molecule has 3 aromatic rings. The highest BCUT2D eigenvalue weighted by atomic mass is 35.5. The van der Waals surface area contributed by atoms with E-state index in [2.05, 4.69) is 0 Å². The van der Waals surface area contributed by atoms with E-state index < -0.39 is 10.0 Å². The van der Waals surface area contributed by atoms with E-state index >= 15 is 0 Å². The van der Waals surface area contributed by atoms with Gasteiger partial charge in [-0.3, -0.25) is 5.01 Å². The molecule has 0 saturated heterocycles. The summed E-state index contributed by atoms with van der Waals surface area (Å²) in [6.45, 7) is 2.02. The number of hydrogen-bond donors (Lipinski definition) is 1. The van der Waals surface area contributed by atoms with Crippen molar-refractivity contribution in [3.63, 3.8) is 0 Å². The van der Waals surface area contributed by atoms with Crippen molar-refractivity contribution in [2.24, 2.45) is 10.2 Å². The number of halogens is 3. The summed E-state index contributed by atoms with van der Waals surface area (Å²) >= 11 is 18.7. The molecule has 0 spiro atoms. The number of rotatable bonds is 6. The molecule has 1 aliphatic rings. The van der Waals surface area contributed by atoms with Crippen molar-refractivity contribution in [2.45, 2.75) is 37.1 Å². The van der Waals surface area contributed by atoms with Gasteiger partial charge in [-0.15, -0.1) is 0 Å². The molecule has 1 atom stereocenters. The van der Waals surface area contributed by atoms with Crippen molar-refractivity contribution in [2.75, 3.05) is 5.01 Å². The van der Waals surface area contributed by atoms with Crippen LogP contribution in [-0.4, -0.2) is 14.1 Å². The maximum absolute atomic E-state index is 12.2. The fourth-order valence-corrected chi connectivity index (χ4v) is 5.38. The Hall–Kier alpha value is -2.09. The maximum Gasteiger partial charge on any atom is 0.238 e. The average Bonchev–Trinajstić information content (AvgIpc) is 3.16. The molecule has 0 bridgehead atoms. The van der Waals surface area contributed by atoms with Crippen molar-refractivity contribution < 1.29 is 8.42 Å². The van der Waals surface area contributed by atoms with Gasteiger partial charge in [0.2, 0.25) is 10.0 Å². The summed E-state index contributed by atoms with van der Waals surface area (Å²) in [6.07, 6.45) is 1.72. The fourth-order valence-electron chi connectivity index (χ4n) is 4.00. The normalized spacial score (nSPS) is 16.2. The zero-order chi connectivity index (χ0) is 23.8.